The average Bonchev–Trinajstić information content (AvgIpc) is 3.77. The summed E-state index contributed by atoms with van der Waals surface area (Å²) in [5.41, 5.74) is 6.38. The van der Waals surface area contributed by atoms with Crippen molar-refractivity contribution in [1.29, 1.82) is 0 Å². The molecule has 11 nitrogen and oxygen atoms in total. The fourth-order valence-corrected chi connectivity index (χ4v) is 7.29. The topological polar surface area (TPSA) is 128 Å². The van der Waals surface area contributed by atoms with Gasteiger partial charge in [0.1, 0.15) is 17.2 Å². The Bertz CT molecular complexity index is 1850. The van der Waals surface area contributed by atoms with Crippen LogP contribution in [-0.4, -0.2) is 97.6 Å². The second-order valence-electron chi connectivity index (χ2n) is 12.2. The molecule has 0 spiro atoms. The second kappa shape index (κ2) is 13.1. The molecule has 4 heterocycles. The SMILES string of the molecule is C=CC(=O)N[C@@H]1COCCN(c2nc(OCC3(CN4CCOCC4)CC3)nc3c(F)c(-c4ccc(F)c5sc(N)nc45)c(Cl)cc23)C1. The number of thiazole rings is 1. The number of nitrogen functional groups attached to an aromatic ring is 1. The van der Waals surface area contributed by atoms with Gasteiger partial charge in [0.2, 0.25) is 5.91 Å². The minimum atomic E-state index is -0.725. The highest BCUT2D eigenvalue weighted by atomic mass is 35.5. The molecule has 0 radical (unpaired) electrons. The Hall–Kier alpha value is -3.69. The summed E-state index contributed by atoms with van der Waals surface area (Å²) in [4.78, 5) is 30.1. The average molecular weight is 686 g/mol. The van der Waals surface area contributed by atoms with Crippen LogP contribution < -0.4 is 20.7 Å². The van der Waals surface area contributed by atoms with Crippen LogP contribution in [0.15, 0.2) is 30.9 Å². The Morgan fingerprint density at radius 3 is 2.72 bits per heavy atom. The standard InChI is InChI=1S/C32H34ClF2N7O4S/c1-2-23(43)37-18-14-42(9-12-45-15-18)29-20-13-21(33)24(19-3-4-22(34)28-27(19)38-30(36)47-28)25(35)26(20)39-31(40-29)46-17-32(5-6-32)16-41-7-10-44-11-8-41/h2-4,13,18H,1,5-12,14-17H2,(H2,36,38)(H,37,43)/t18-/m0/s1. The number of morpholine rings is 1. The van der Waals surface area contributed by atoms with Gasteiger partial charge >= 0.3 is 6.01 Å². The third-order valence-electron chi connectivity index (χ3n) is 8.85. The predicted octanol–water partition coefficient (Wildman–Crippen LogP) is 4.42. The monoisotopic (exact) mass is 685 g/mol. The molecule has 1 saturated carbocycles. The van der Waals surface area contributed by atoms with Crippen LogP contribution in [0.4, 0.5) is 19.7 Å². The molecule has 15 heteroatoms. The molecule has 3 aliphatic rings. The summed E-state index contributed by atoms with van der Waals surface area (Å²) in [6.07, 6.45) is 3.21. The Morgan fingerprint density at radius 2 is 1.96 bits per heavy atom. The van der Waals surface area contributed by atoms with Crippen molar-refractivity contribution in [2.75, 3.05) is 76.4 Å². The van der Waals surface area contributed by atoms with Crippen molar-refractivity contribution in [3.05, 3.63) is 47.5 Å². The zero-order valence-electron chi connectivity index (χ0n) is 25.6. The van der Waals surface area contributed by atoms with E-state index in [1.807, 2.05) is 4.90 Å². The molecular weight excluding hydrogens is 652 g/mol. The summed E-state index contributed by atoms with van der Waals surface area (Å²) in [5, 5.41) is 3.45. The molecule has 2 aromatic carbocycles. The van der Waals surface area contributed by atoms with E-state index in [4.69, 9.17) is 36.5 Å². The number of rotatable bonds is 9. The van der Waals surface area contributed by atoms with Crippen molar-refractivity contribution in [3.63, 3.8) is 0 Å². The van der Waals surface area contributed by atoms with Crippen LogP contribution in [0, 0.1) is 17.0 Å². The third-order valence-corrected chi connectivity index (χ3v) is 10.0. The molecule has 4 aromatic rings. The van der Waals surface area contributed by atoms with E-state index in [9.17, 15) is 9.18 Å². The van der Waals surface area contributed by atoms with Crippen molar-refractivity contribution in [2.45, 2.75) is 18.9 Å². The van der Waals surface area contributed by atoms with Crippen molar-refractivity contribution >= 4 is 60.9 Å². The summed E-state index contributed by atoms with van der Waals surface area (Å²) in [7, 11) is 0. The van der Waals surface area contributed by atoms with Crippen molar-refractivity contribution < 1.29 is 27.8 Å². The van der Waals surface area contributed by atoms with Gasteiger partial charge in [0.15, 0.2) is 10.9 Å². The molecule has 2 aromatic heterocycles. The molecular formula is C32H34ClF2N7O4S. The van der Waals surface area contributed by atoms with Crippen LogP contribution in [0.1, 0.15) is 12.8 Å². The molecule has 2 aliphatic heterocycles. The number of anilines is 2. The quantitative estimate of drug-likeness (QED) is 0.245. The summed E-state index contributed by atoms with van der Waals surface area (Å²) in [6.45, 7) is 9.29. The third kappa shape index (κ3) is 6.57. The molecule has 2 saturated heterocycles. The Labute approximate surface area is 278 Å². The predicted molar refractivity (Wildman–Crippen MR) is 177 cm³/mol. The second-order valence-corrected chi connectivity index (χ2v) is 13.6. The molecule has 0 bridgehead atoms. The first-order chi connectivity index (χ1) is 22.7. The van der Waals surface area contributed by atoms with Gasteiger partial charge in [-0.2, -0.15) is 9.97 Å². The van der Waals surface area contributed by atoms with Crippen LogP contribution >= 0.6 is 22.9 Å². The van der Waals surface area contributed by atoms with E-state index in [-0.39, 0.29) is 61.4 Å². The minimum Gasteiger partial charge on any atom is -0.463 e. The first-order valence-corrected chi connectivity index (χ1v) is 16.7. The van der Waals surface area contributed by atoms with E-state index in [1.54, 1.807) is 6.07 Å². The highest BCUT2D eigenvalue weighted by Crippen LogP contribution is 2.47. The molecule has 3 fully saturated rings. The lowest BCUT2D eigenvalue weighted by Gasteiger charge is -2.30. The minimum absolute atomic E-state index is 0.0139. The van der Waals surface area contributed by atoms with Gasteiger partial charge in [-0.3, -0.25) is 9.69 Å². The van der Waals surface area contributed by atoms with E-state index in [1.165, 1.54) is 18.2 Å². The van der Waals surface area contributed by atoms with Gasteiger partial charge in [-0.15, -0.1) is 0 Å². The van der Waals surface area contributed by atoms with Gasteiger partial charge in [-0.05, 0) is 37.1 Å². The molecule has 3 N–H and O–H groups in total. The lowest BCUT2D eigenvalue weighted by Crippen LogP contribution is -2.44. The molecule has 1 atom stereocenters. The number of hydrogen-bond acceptors (Lipinski definition) is 11. The zero-order chi connectivity index (χ0) is 32.7. The normalized spacial score (nSPS) is 19.9. The summed E-state index contributed by atoms with van der Waals surface area (Å²) in [6, 6.07) is 3.92. The molecule has 0 unspecified atom stereocenters. The van der Waals surface area contributed by atoms with Crippen LogP contribution in [0.2, 0.25) is 5.02 Å². The van der Waals surface area contributed by atoms with E-state index in [0.29, 0.717) is 56.3 Å². The number of nitrogens with zero attached hydrogens (tertiary/aromatic N) is 5. The maximum Gasteiger partial charge on any atom is 0.319 e. The van der Waals surface area contributed by atoms with Gasteiger partial charge in [0.25, 0.3) is 0 Å². The lowest BCUT2D eigenvalue weighted by molar-refractivity contribution is -0.117. The number of benzene rings is 2. The van der Waals surface area contributed by atoms with Crippen LogP contribution in [0.3, 0.4) is 0 Å². The molecule has 1 amide bonds. The Balaban J connectivity index is 1.30. The van der Waals surface area contributed by atoms with Gasteiger partial charge in [0.05, 0.1) is 54.3 Å². The van der Waals surface area contributed by atoms with E-state index >= 15 is 4.39 Å². The van der Waals surface area contributed by atoms with Crippen LogP contribution in [-0.2, 0) is 14.3 Å². The maximum absolute atomic E-state index is 16.8. The highest BCUT2D eigenvalue weighted by molar-refractivity contribution is 7.22. The largest absolute Gasteiger partial charge is 0.463 e. The number of amides is 1. The number of nitrogens with two attached hydrogens (primary N) is 1. The maximum atomic E-state index is 16.8. The molecule has 1 aliphatic carbocycles. The number of aromatic nitrogens is 3. The van der Waals surface area contributed by atoms with E-state index in [0.717, 1.165) is 43.8 Å². The van der Waals surface area contributed by atoms with Crippen LogP contribution in [0.5, 0.6) is 6.01 Å². The first-order valence-electron chi connectivity index (χ1n) is 15.5. The number of halogens is 3. The number of carbonyl (C=O) groups is 1. The Kier molecular flexibility index (Phi) is 8.87. The number of fused-ring (bicyclic) bond motifs is 2. The highest BCUT2D eigenvalue weighted by Gasteiger charge is 2.45. The fraction of sp³-hybridized carbons (Fsp3) is 0.438. The van der Waals surface area contributed by atoms with E-state index < -0.39 is 11.6 Å². The number of ether oxygens (including phenoxy) is 3. The van der Waals surface area contributed by atoms with Crippen molar-refractivity contribution in [2.24, 2.45) is 5.41 Å². The van der Waals surface area contributed by atoms with Crippen molar-refractivity contribution in [1.82, 2.24) is 25.2 Å². The van der Waals surface area contributed by atoms with Gasteiger partial charge in [0, 0.05) is 54.7 Å². The fourth-order valence-electron chi connectivity index (χ4n) is 6.23. The van der Waals surface area contributed by atoms with Crippen molar-refractivity contribution in [3.8, 4) is 17.1 Å². The number of nitrogens with one attached hydrogen (secondary N) is 1. The first kappa shape index (κ1) is 31.9. The number of hydrogen-bond donors (Lipinski definition) is 2. The van der Waals surface area contributed by atoms with Gasteiger partial charge in [-0.25, -0.2) is 13.8 Å². The van der Waals surface area contributed by atoms with Gasteiger partial charge < -0.3 is 30.2 Å². The lowest BCUT2D eigenvalue weighted by atomic mass is 10.0. The zero-order valence-corrected chi connectivity index (χ0v) is 27.1. The van der Waals surface area contributed by atoms with Crippen LogP contribution in [0.25, 0.3) is 32.2 Å². The Morgan fingerprint density at radius 1 is 1.17 bits per heavy atom. The van der Waals surface area contributed by atoms with E-state index in [2.05, 4.69) is 26.8 Å². The summed E-state index contributed by atoms with van der Waals surface area (Å²) >= 11 is 7.79. The summed E-state index contributed by atoms with van der Waals surface area (Å²) < 4.78 is 49.3. The molecule has 47 heavy (non-hydrogen) atoms. The summed E-state index contributed by atoms with van der Waals surface area (Å²) in [5.74, 6) is -1.18. The van der Waals surface area contributed by atoms with Gasteiger partial charge in [-0.1, -0.05) is 29.5 Å². The smallest absolute Gasteiger partial charge is 0.319 e. The molecule has 7 rings (SSSR count). The molecule has 248 valence electrons. The number of carbonyl (C=O) groups excluding carboxylic acids is 1.